The molecular formula is C9H8BrClN2O3. The second-order valence-corrected chi connectivity index (χ2v) is 4.09. The highest BCUT2D eigenvalue weighted by Gasteiger charge is 2.05. The number of halogens is 2. The van der Waals surface area contributed by atoms with E-state index < -0.39 is 18.5 Å². The average Bonchev–Trinajstić information content (AvgIpc) is 2.21. The number of rotatable bonds is 3. The number of carboxylic acid groups (broad SMARTS) is 1. The number of nitrogens with one attached hydrogen (secondary N) is 2. The molecule has 0 aliphatic rings. The van der Waals surface area contributed by atoms with Gasteiger partial charge in [-0.15, -0.1) is 0 Å². The Hall–Kier alpha value is -1.27. The molecule has 0 aliphatic heterocycles. The Morgan fingerprint density at radius 2 is 2.12 bits per heavy atom. The summed E-state index contributed by atoms with van der Waals surface area (Å²) in [5, 5.41) is 13.5. The Bertz CT molecular complexity index is 425. The van der Waals surface area contributed by atoms with Crippen LogP contribution in [0.3, 0.4) is 0 Å². The first-order valence-corrected chi connectivity index (χ1v) is 5.38. The number of urea groups is 1. The normalized spacial score (nSPS) is 9.62. The minimum absolute atomic E-state index is 0.430. The molecular weight excluding hydrogens is 299 g/mol. The van der Waals surface area contributed by atoms with Gasteiger partial charge in [0.1, 0.15) is 6.54 Å². The largest absolute Gasteiger partial charge is 0.480 e. The van der Waals surface area contributed by atoms with Crippen molar-refractivity contribution >= 4 is 45.2 Å². The summed E-state index contributed by atoms with van der Waals surface area (Å²) < 4.78 is 0.644. The van der Waals surface area contributed by atoms with Crippen LogP contribution in [0.15, 0.2) is 22.7 Å². The van der Waals surface area contributed by atoms with Gasteiger partial charge in [-0.1, -0.05) is 11.6 Å². The molecule has 86 valence electrons. The fraction of sp³-hybridized carbons (Fsp3) is 0.111. The second kappa shape index (κ2) is 5.72. The first-order chi connectivity index (χ1) is 7.49. The summed E-state index contributed by atoms with van der Waals surface area (Å²) in [5.74, 6) is -1.10. The minimum atomic E-state index is -1.10. The highest BCUT2D eigenvalue weighted by atomic mass is 79.9. The molecule has 0 spiro atoms. The second-order valence-electron chi connectivity index (χ2n) is 2.83. The number of anilines is 1. The van der Waals surface area contributed by atoms with Crippen molar-refractivity contribution in [3.63, 3.8) is 0 Å². The molecule has 0 unspecified atom stereocenters. The number of benzene rings is 1. The van der Waals surface area contributed by atoms with Gasteiger partial charge in [0.05, 0.1) is 5.02 Å². The Kier molecular flexibility index (Phi) is 4.57. The zero-order valence-corrected chi connectivity index (χ0v) is 10.3. The van der Waals surface area contributed by atoms with Gasteiger partial charge in [-0.05, 0) is 34.1 Å². The molecule has 1 aromatic carbocycles. The van der Waals surface area contributed by atoms with Crippen molar-refractivity contribution in [3.05, 3.63) is 27.7 Å². The molecule has 7 heteroatoms. The Balaban J connectivity index is 2.56. The van der Waals surface area contributed by atoms with E-state index in [4.69, 9.17) is 16.7 Å². The van der Waals surface area contributed by atoms with Crippen LogP contribution in [0.25, 0.3) is 0 Å². The quantitative estimate of drug-likeness (QED) is 0.802. The number of carboxylic acids is 1. The fourth-order valence-corrected chi connectivity index (χ4v) is 1.40. The van der Waals surface area contributed by atoms with E-state index in [0.29, 0.717) is 15.2 Å². The van der Waals surface area contributed by atoms with Crippen LogP contribution in [0.2, 0.25) is 5.02 Å². The lowest BCUT2D eigenvalue weighted by Gasteiger charge is -2.06. The molecule has 0 radical (unpaired) electrons. The van der Waals surface area contributed by atoms with E-state index in [0.717, 1.165) is 0 Å². The standard InChI is InChI=1S/C9H8BrClN2O3/c10-6-3-5(1-2-7(6)11)13-9(16)12-4-8(14)15/h1-3H,4H2,(H,14,15)(H2,12,13,16). The van der Waals surface area contributed by atoms with E-state index in [1.165, 1.54) is 0 Å². The van der Waals surface area contributed by atoms with Crippen molar-refractivity contribution in [2.45, 2.75) is 0 Å². The van der Waals surface area contributed by atoms with E-state index in [9.17, 15) is 9.59 Å². The van der Waals surface area contributed by atoms with Gasteiger partial charge < -0.3 is 15.7 Å². The molecule has 5 nitrogen and oxygen atoms in total. The van der Waals surface area contributed by atoms with Crippen LogP contribution in [0, 0.1) is 0 Å². The highest BCUT2D eigenvalue weighted by Crippen LogP contribution is 2.25. The van der Waals surface area contributed by atoms with E-state index >= 15 is 0 Å². The van der Waals surface area contributed by atoms with Crippen LogP contribution in [0.5, 0.6) is 0 Å². The van der Waals surface area contributed by atoms with Gasteiger partial charge in [-0.2, -0.15) is 0 Å². The van der Waals surface area contributed by atoms with Crippen molar-refractivity contribution in [1.82, 2.24) is 5.32 Å². The van der Waals surface area contributed by atoms with Crippen LogP contribution in [-0.4, -0.2) is 23.7 Å². The summed E-state index contributed by atoms with van der Waals surface area (Å²) in [6.45, 7) is -0.430. The van der Waals surface area contributed by atoms with Crippen molar-refractivity contribution in [2.75, 3.05) is 11.9 Å². The van der Waals surface area contributed by atoms with Gasteiger partial charge in [-0.3, -0.25) is 4.79 Å². The van der Waals surface area contributed by atoms with Crippen molar-refractivity contribution in [3.8, 4) is 0 Å². The Labute approximate surface area is 105 Å². The third-order valence-corrected chi connectivity index (χ3v) is 2.79. The van der Waals surface area contributed by atoms with Gasteiger partial charge in [0.25, 0.3) is 0 Å². The van der Waals surface area contributed by atoms with Gasteiger partial charge >= 0.3 is 12.0 Å². The molecule has 0 saturated heterocycles. The predicted octanol–water partition coefficient (Wildman–Crippen LogP) is 2.31. The van der Waals surface area contributed by atoms with E-state index in [-0.39, 0.29) is 0 Å². The number of aliphatic carboxylic acids is 1. The van der Waals surface area contributed by atoms with Crippen molar-refractivity contribution in [1.29, 1.82) is 0 Å². The summed E-state index contributed by atoms with van der Waals surface area (Å²) in [4.78, 5) is 21.4. The smallest absolute Gasteiger partial charge is 0.323 e. The first-order valence-electron chi connectivity index (χ1n) is 4.20. The SMILES string of the molecule is O=C(O)CNC(=O)Nc1ccc(Cl)c(Br)c1. The maximum absolute atomic E-state index is 11.2. The molecule has 2 amide bonds. The maximum Gasteiger partial charge on any atom is 0.323 e. The molecule has 0 heterocycles. The van der Waals surface area contributed by atoms with Crippen molar-refractivity contribution in [2.24, 2.45) is 0 Å². The van der Waals surface area contributed by atoms with Gasteiger partial charge in [-0.25, -0.2) is 4.79 Å². The van der Waals surface area contributed by atoms with Crippen LogP contribution < -0.4 is 10.6 Å². The van der Waals surface area contributed by atoms with Crippen LogP contribution in [0.1, 0.15) is 0 Å². The molecule has 0 bridgehead atoms. The lowest BCUT2D eigenvalue weighted by molar-refractivity contribution is -0.135. The summed E-state index contributed by atoms with van der Waals surface area (Å²) in [6, 6.07) is 4.24. The highest BCUT2D eigenvalue weighted by molar-refractivity contribution is 9.10. The van der Waals surface area contributed by atoms with Crippen LogP contribution in [-0.2, 0) is 4.79 Å². The summed E-state index contributed by atoms with van der Waals surface area (Å²) in [5.41, 5.74) is 0.513. The van der Waals surface area contributed by atoms with Crippen molar-refractivity contribution < 1.29 is 14.7 Å². The molecule has 3 N–H and O–H groups in total. The number of carbonyl (C=O) groups is 2. The van der Waals surface area contributed by atoms with E-state index in [1.807, 2.05) is 0 Å². The van der Waals surface area contributed by atoms with E-state index in [1.54, 1.807) is 18.2 Å². The lowest BCUT2D eigenvalue weighted by atomic mass is 10.3. The lowest BCUT2D eigenvalue weighted by Crippen LogP contribution is -2.33. The first kappa shape index (κ1) is 12.8. The number of hydrogen-bond donors (Lipinski definition) is 3. The topological polar surface area (TPSA) is 78.4 Å². The summed E-state index contributed by atoms with van der Waals surface area (Å²) >= 11 is 8.97. The number of hydrogen-bond acceptors (Lipinski definition) is 2. The summed E-state index contributed by atoms with van der Waals surface area (Å²) in [6.07, 6.45) is 0. The monoisotopic (exact) mass is 306 g/mol. The molecule has 0 atom stereocenters. The third kappa shape index (κ3) is 4.08. The molecule has 16 heavy (non-hydrogen) atoms. The molecule has 1 rings (SSSR count). The fourth-order valence-electron chi connectivity index (χ4n) is 0.905. The minimum Gasteiger partial charge on any atom is -0.480 e. The number of amides is 2. The predicted molar refractivity (Wildman–Crippen MR) is 63.8 cm³/mol. The Morgan fingerprint density at radius 3 is 2.69 bits per heavy atom. The van der Waals surface area contributed by atoms with Gasteiger partial charge in [0.15, 0.2) is 0 Å². The molecule has 0 aliphatic carbocycles. The van der Waals surface area contributed by atoms with E-state index in [2.05, 4.69) is 26.6 Å². The molecule has 0 saturated carbocycles. The molecule has 0 aromatic heterocycles. The molecule has 1 aromatic rings. The average molecular weight is 308 g/mol. The van der Waals surface area contributed by atoms with Gasteiger partial charge in [0.2, 0.25) is 0 Å². The summed E-state index contributed by atoms with van der Waals surface area (Å²) in [7, 11) is 0. The van der Waals surface area contributed by atoms with Crippen LogP contribution in [0.4, 0.5) is 10.5 Å². The third-order valence-electron chi connectivity index (χ3n) is 1.58. The Morgan fingerprint density at radius 1 is 1.44 bits per heavy atom. The number of carbonyl (C=O) groups excluding carboxylic acids is 1. The van der Waals surface area contributed by atoms with Gasteiger partial charge in [0, 0.05) is 10.2 Å². The van der Waals surface area contributed by atoms with Crippen LogP contribution >= 0.6 is 27.5 Å². The molecule has 0 fully saturated rings. The zero-order valence-electron chi connectivity index (χ0n) is 7.96. The maximum atomic E-state index is 11.2. The zero-order chi connectivity index (χ0) is 12.1.